The van der Waals surface area contributed by atoms with E-state index in [4.69, 9.17) is 0 Å². The molecule has 0 radical (unpaired) electrons. The van der Waals surface area contributed by atoms with Crippen LogP contribution in [0, 0.1) is 17.8 Å². The molecule has 0 saturated carbocycles. The van der Waals surface area contributed by atoms with Gasteiger partial charge in [0.15, 0.2) is 0 Å². The molecule has 0 atom stereocenters. The molecular weight excluding hydrogens is 392 g/mol. The first-order valence-electron chi connectivity index (χ1n) is 11.5. The van der Waals surface area contributed by atoms with E-state index in [1.165, 1.54) is 77.8 Å². The van der Waals surface area contributed by atoms with Gasteiger partial charge in [-0.15, -0.1) is 0 Å². The second-order valence-electron chi connectivity index (χ2n) is 10.8. The van der Waals surface area contributed by atoms with Gasteiger partial charge in [-0.25, -0.2) is 0 Å². The predicted molar refractivity (Wildman–Crippen MR) is 123 cm³/mol. The maximum absolute atomic E-state index is 11.9. The number of halogens is 2. The summed E-state index contributed by atoms with van der Waals surface area (Å²) in [5.41, 5.74) is 0. The zero-order chi connectivity index (χ0) is 21.0. The molecule has 0 N–H and O–H groups in total. The van der Waals surface area contributed by atoms with Gasteiger partial charge >= 0.3 is 35.9 Å². The molecule has 0 aromatic heterocycles. The number of hydrogen-bond acceptors (Lipinski definition) is 3. The molecule has 3 heterocycles. The molecule has 0 aliphatic carbocycles. The molecule has 28 heavy (non-hydrogen) atoms. The molecule has 0 unspecified atom stereocenters. The zero-order valence-electron chi connectivity index (χ0n) is 19.2. The van der Waals surface area contributed by atoms with Gasteiger partial charge in [-0.05, 0) is 56.3 Å². The molecule has 0 spiro atoms. The first-order chi connectivity index (χ1) is 12.9. The Hall–Kier alpha value is 0.307. The monoisotopic (exact) mass is 437 g/mol. The van der Waals surface area contributed by atoms with Crippen LogP contribution in [-0.4, -0.2) is 60.2 Å². The summed E-state index contributed by atoms with van der Waals surface area (Å²) in [7, 11) is -4.25. The van der Waals surface area contributed by atoms with Crippen LogP contribution in [0.4, 0.5) is 8.22 Å². The van der Waals surface area contributed by atoms with Crippen LogP contribution in [-0.2, 0) is 11.5 Å². The molecule has 3 aliphatic rings. The van der Waals surface area contributed by atoms with E-state index in [1.807, 2.05) is 0 Å². The quantitative estimate of drug-likeness (QED) is 0.316. The van der Waals surface area contributed by atoms with Gasteiger partial charge in [0, 0.05) is 39.3 Å². The van der Waals surface area contributed by atoms with Crippen LogP contribution in [0.1, 0.15) is 59.3 Å². The molecule has 0 aromatic rings. The molecule has 0 bridgehead atoms. The topological polar surface area (TPSA) is 9.72 Å². The maximum atomic E-state index is 11.9. The molecule has 168 valence electrons. The third kappa shape index (κ3) is 9.41. The van der Waals surface area contributed by atoms with Gasteiger partial charge in [-0.3, -0.25) is 0 Å². The van der Waals surface area contributed by atoms with Crippen molar-refractivity contribution in [1.82, 2.24) is 12.9 Å². The SMILES string of the molecule is CC1CCN([S+](N2CCC(C)CC2)N2CCC(C)CC2)CC1.C[Si-](C)(C)(F)F. The van der Waals surface area contributed by atoms with Crippen molar-refractivity contribution in [3.8, 4) is 0 Å². The summed E-state index contributed by atoms with van der Waals surface area (Å²) in [6.07, 6.45) is 8.40. The summed E-state index contributed by atoms with van der Waals surface area (Å²) in [6, 6.07) is 0. The van der Waals surface area contributed by atoms with E-state index < -0.39 is 8.02 Å². The standard InChI is InChI=1S/C18H36N3S.C3H9F2Si/c1-16-4-10-19(11-5-16)22(20-12-6-17(2)7-13-20)21-14-8-18(3)9-15-21;1-6(2,3,4)5/h16-18H,4-15H2,1-3H3;1-3H3/q+1;-1. The molecule has 0 amide bonds. The van der Waals surface area contributed by atoms with E-state index in [0.29, 0.717) is 0 Å². The van der Waals surface area contributed by atoms with Crippen LogP contribution in [0.5, 0.6) is 0 Å². The van der Waals surface area contributed by atoms with Crippen molar-refractivity contribution in [3.05, 3.63) is 0 Å². The Bertz CT molecular complexity index is 393. The van der Waals surface area contributed by atoms with Crippen molar-refractivity contribution in [2.24, 2.45) is 17.8 Å². The fourth-order valence-corrected chi connectivity index (χ4v) is 6.53. The molecule has 0 aromatic carbocycles. The number of rotatable bonds is 3. The van der Waals surface area contributed by atoms with Crippen LogP contribution in [0.2, 0.25) is 19.6 Å². The van der Waals surface area contributed by atoms with E-state index in [0.717, 1.165) is 37.4 Å². The Morgan fingerprint density at radius 3 is 0.929 bits per heavy atom. The molecule has 7 heteroatoms. The second kappa shape index (κ2) is 10.1. The fraction of sp³-hybridized carbons (Fsp3) is 1.00. The molecule has 3 aliphatic heterocycles. The van der Waals surface area contributed by atoms with Gasteiger partial charge in [-0.2, -0.15) is 0 Å². The van der Waals surface area contributed by atoms with Crippen molar-refractivity contribution in [3.63, 3.8) is 0 Å². The zero-order valence-corrected chi connectivity index (χ0v) is 21.0. The predicted octanol–water partition coefficient (Wildman–Crippen LogP) is 5.76. The van der Waals surface area contributed by atoms with Crippen LogP contribution >= 0.6 is 0 Å². The third-order valence-electron chi connectivity index (χ3n) is 5.92. The molecule has 3 nitrogen and oxygen atoms in total. The van der Waals surface area contributed by atoms with E-state index in [-0.39, 0.29) is 11.5 Å². The third-order valence-corrected chi connectivity index (χ3v) is 8.40. The number of nitrogens with zero attached hydrogens (tertiary/aromatic N) is 3. The Morgan fingerprint density at radius 2 is 0.750 bits per heavy atom. The van der Waals surface area contributed by atoms with Crippen molar-refractivity contribution >= 4 is 19.5 Å². The van der Waals surface area contributed by atoms with Crippen LogP contribution in [0.25, 0.3) is 0 Å². The van der Waals surface area contributed by atoms with Gasteiger partial charge < -0.3 is 0 Å². The summed E-state index contributed by atoms with van der Waals surface area (Å²) < 4.78 is 32.2. The summed E-state index contributed by atoms with van der Waals surface area (Å²) in [5.74, 6) is 2.80. The molecular formula is C21H45F2N3SSi. The van der Waals surface area contributed by atoms with Gasteiger partial charge in [0.2, 0.25) is 0 Å². The van der Waals surface area contributed by atoms with Crippen LogP contribution in [0.3, 0.4) is 0 Å². The van der Waals surface area contributed by atoms with E-state index in [2.05, 4.69) is 33.7 Å². The normalized spacial score (nSPS) is 27.2. The Morgan fingerprint density at radius 1 is 0.571 bits per heavy atom. The summed E-state index contributed by atoms with van der Waals surface area (Å²) in [5, 5.41) is 0. The minimum atomic E-state index is -4.25. The van der Waals surface area contributed by atoms with Crippen molar-refractivity contribution in [2.45, 2.75) is 78.9 Å². The molecule has 3 saturated heterocycles. The Kier molecular flexibility index (Phi) is 8.84. The van der Waals surface area contributed by atoms with E-state index in [1.54, 1.807) is 0 Å². The van der Waals surface area contributed by atoms with E-state index in [9.17, 15) is 8.22 Å². The summed E-state index contributed by atoms with van der Waals surface area (Å²) >= 11 is 0.271. The average molecular weight is 438 g/mol. The van der Waals surface area contributed by atoms with Gasteiger partial charge in [0.05, 0.1) is 0 Å². The van der Waals surface area contributed by atoms with Gasteiger partial charge in [-0.1, -0.05) is 33.7 Å². The first-order valence-corrected chi connectivity index (χ1v) is 16.4. The minimum absolute atomic E-state index is 0.271. The van der Waals surface area contributed by atoms with Crippen LogP contribution in [0.15, 0.2) is 0 Å². The Balaban J connectivity index is 0.000000409. The first kappa shape index (κ1) is 24.6. The summed E-state index contributed by atoms with van der Waals surface area (Å²) in [6.45, 7) is 18.3. The fourth-order valence-electron chi connectivity index (χ4n) is 3.93. The summed E-state index contributed by atoms with van der Waals surface area (Å²) in [4.78, 5) is 0. The Labute approximate surface area is 176 Å². The number of piperidine rings is 3. The molecule has 3 rings (SSSR count). The van der Waals surface area contributed by atoms with Crippen molar-refractivity contribution in [1.29, 1.82) is 0 Å². The average Bonchev–Trinajstić information content (AvgIpc) is 2.58. The second-order valence-corrected chi connectivity index (χ2v) is 18.2. The molecule has 3 fully saturated rings. The van der Waals surface area contributed by atoms with Crippen LogP contribution < -0.4 is 0 Å². The number of hydrogen-bond donors (Lipinski definition) is 0. The van der Waals surface area contributed by atoms with Gasteiger partial charge in [0.25, 0.3) is 11.5 Å². The van der Waals surface area contributed by atoms with Crippen molar-refractivity contribution in [2.75, 3.05) is 39.3 Å². The van der Waals surface area contributed by atoms with Gasteiger partial charge in [0.1, 0.15) is 0 Å². The van der Waals surface area contributed by atoms with Crippen molar-refractivity contribution < 1.29 is 8.22 Å². The van der Waals surface area contributed by atoms with E-state index >= 15 is 0 Å².